The number of piperidine rings is 1. The van der Waals surface area contributed by atoms with Gasteiger partial charge in [0, 0.05) is 77.5 Å². The van der Waals surface area contributed by atoms with Gasteiger partial charge in [-0.3, -0.25) is 19.6 Å². The second-order valence-corrected chi connectivity index (χ2v) is 16.2. The highest BCUT2D eigenvalue weighted by Crippen LogP contribution is 2.37. The number of nitrogens with two attached hydrogens (primary N) is 3. The third-order valence-corrected chi connectivity index (χ3v) is 11.0. The molecular formula is C41H55ClN12O2. The van der Waals surface area contributed by atoms with E-state index < -0.39 is 11.8 Å². The van der Waals surface area contributed by atoms with Gasteiger partial charge in [-0.25, -0.2) is 9.97 Å². The van der Waals surface area contributed by atoms with Crippen LogP contribution in [0.1, 0.15) is 159 Å². The van der Waals surface area contributed by atoms with Crippen LogP contribution >= 0.6 is 11.6 Å². The molecule has 3 fully saturated rings. The number of nitrogens with one attached hydrogen (secondary N) is 2. The predicted octanol–water partition coefficient (Wildman–Crippen LogP) is 7.57. The van der Waals surface area contributed by atoms with E-state index in [4.69, 9.17) is 38.8 Å². The number of primary amides is 2. The summed E-state index contributed by atoms with van der Waals surface area (Å²) in [7, 11) is 0. The second kappa shape index (κ2) is 18.3. The number of aromatic nitrogens is 6. The summed E-state index contributed by atoms with van der Waals surface area (Å²) in [5, 5.41) is 6.59. The molecule has 2 amide bonds. The van der Waals surface area contributed by atoms with Crippen molar-refractivity contribution in [3.05, 3.63) is 75.8 Å². The van der Waals surface area contributed by atoms with Gasteiger partial charge >= 0.3 is 0 Å². The van der Waals surface area contributed by atoms with Crippen LogP contribution in [0.4, 0.5) is 29.0 Å². The maximum atomic E-state index is 12.1. The second-order valence-electron chi connectivity index (χ2n) is 15.8. The Hall–Kier alpha value is -4.95. The highest BCUT2D eigenvalue weighted by atomic mass is 35.5. The zero-order valence-corrected chi connectivity index (χ0v) is 33.6. The molecule has 0 spiro atoms. The molecule has 2 aliphatic carbocycles. The minimum absolute atomic E-state index is 0.0571. The summed E-state index contributed by atoms with van der Waals surface area (Å²) in [6.45, 7) is 10.1. The molecule has 1 atom stereocenters. The van der Waals surface area contributed by atoms with E-state index in [1.165, 1.54) is 63.8 Å². The lowest BCUT2D eigenvalue weighted by Crippen LogP contribution is -2.43. The van der Waals surface area contributed by atoms with Gasteiger partial charge in [0.2, 0.25) is 11.2 Å². The van der Waals surface area contributed by atoms with Crippen LogP contribution in [0.2, 0.25) is 5.28 Å². The van der Waals surface area contributed by atoms with E-state index in [2.05, 4.69) is 69.2 Å². The van der Waals surface area contributed by atoms with Crippen LogP contribution in [0.5, 0.6) is 0 Å². The van der Waals surface area contributed by atoms with Crippen LogP contribution in [0.25, 0.3) is 0 Å². The molecular weight excluding hydrogens is 728 g/mol. The third-order valence-electron chi connectivity index (χ3n) is 10.8. The van der Waals surface area contributed by atoms with E-state index in [9.17, 15) is 9.59 Å². The summed E-state index contributed by atoms with van der Waals surface area (Å²) < 4.78 is 0. The van der Waals surface area contributed by atoms with Crippen LogP contribution in [-0.4, -0.2) is 60.8 Å². The molecule has 4 aromatic heterocycles. The Morgan fingerprint density at radius 1 is 0.696 bits per heavy atom. The van der Waals surface area contributed by atoms with E-state index in [1.807, 2.05) is 18.2 Å². The number of pyridine rings is 2. The molecule has 0 bridgehead atoms. The first-order chi connectivity index (χ1) is 26.8. The van der Waals surface area contributed by atoms with Gasteiger partial charge in [-0.2, -0.15) is 9.97 Å². The minimum atomic E-state index is -0.603. The van der Waals surface area contributed by atoms with Gasteiger partial charge in [0.15, 0.2) is 0 Å². The van der Waals surface area contributed by atoms with Crippen molar-refractivity contribution in [2.75, 3.05) is 28.6 Å². The molecule has 1 saturated heterocycles. The number of rotatable bonds is 11. The number of nitrogens with zero attached hydrogens (tertiary/aromatic N) is 7. The van der Waals surface area contributed by atoms with Crippen molar-refractivity contribution >= 4 is 52.4 Å². The molecule has 0 aromatic carbocycles. The lowest BCUT2D eigenvalue weighted by atomic mass is 10.0. The molecule has 4 aromatic rings. The van der Waals surface area contributed by atoms with Crippen molar-refractivity contribution < 1.29 is 9.59 Å². The first kappa shape index (κ1) is 40.7. The van der Waals surface area contributed by atoms with Gasteiger partial charge in [-0.1, -0.05) is 53.4 Å². The highest BCUT2D eigenvalue weighted by molar-refractivity contribution is 6.28. The molecule has 1 unspecified atom stereocenters. The van der Waals surface area contributed by atoms with Gasteiger partial charge < -0.3 is 32.7 Å². The molecule has 1 aliphatic heterocycles. The van der Waals surface area contributed by atoms with Crippen molar-refractivity contribution in [2.45, 2.75) is 122 Å². The van der Waals surface area contributed by atoms with E-state index in [0.29, 0.717) is 47.8 Å². The minimum Gasteiger partial charge on any atom is -0.365 e. The van der Waals surface area contributed by atoms with Gasteiger partial charge in [0.1, 0.15) is 22.8 Å². The van der Waals surface area contributed by atoms with Crippen LogP contribution < -0.4 is 32.7 Å². The summed E-state index contributed by atoms with van der Waals surface area (Å²) >= 11 is 5.88. The standard InChI is InChI=1S/C23H33N7O.C18H22ClN5O/c1-14(2)19-10-17(11-20(28-19)15-6-3-4-7-15)27-22-18(21(25)31)12-26-23(29-22)30-9-5-8-16(24)13-30;1-10(2)14-7-12(8-15(23-14)11-5-3-4-6-11)22-17-13(16(20)25)9-21-18(19)24-17/h10-12,14-16H,3-9,13,24H2,1-2H3,(H2,25,31)(H,26,27,28,29);7-11H,3-6H2,1-2H3,(H2,20,25)(H,21,22,23,24). The maximum Gasteiger partial charge on any atom is 0.254 e. The molecule has 7 rings (SSSR count). The van der Waals surface area contributed by atoms with E-state index in [1.54, 1.807) is 0 Å². The average molecular weight is 783 g/mol. The normalized spacial score (nSPS) is 17.6. The molecule has 14 nitrogen and oxygen atoms in total. The Morgan fingerprint density at radius 2 is 1.18 bits per heavy atom. The smallest absolute Gasteiger partial charge is 0.254 e. The molecule has 0 radical (unpaired) electrons. The van der Waals surface area contributed by atoms with Crippen LogP contribution in [0, 0.1) is 0 Å². The summed E-state index contributed by atoms with van der Waals surface area (Å²) in [5.41, 5.74) is 23.6. The summed E-state index contributed by atoms with van der Waals surface area (Å²) in [6.07, 6.45) is 14.5. The number of carbonyl (C=O) groups excluding carboxylic acids is 2. The average Bonchev–Trinajstić information content (AvgIpc) is 3.91. The SMILES string of the molecule is CC(C)c1cc(Nc2nc(Cl)ncc2C(N)=O)cc(C2CCCC2)n1.CC(C)c1cc(Nc2nc(N3CCCC(N)C3)ncc2C(N)=O)cc(C2CCCC2)n1. The summed E-state index contributed by atoms with van der Waals surface area (Å²) in [6, 6.07) is 8.23. The largest absolute Gasteiger partial charge is 0.365 e. The predicted molar refractivity (Wildman–Crippen MR) is 221 cm³/mol. The topological polar surface area (TPSA) is 217 Å². The lowest BCUT2D eigenvalue weighted by molar-refractivity contribution is 0.0992. The number of hydrogen-bond acceptors (Lipinski definition) is 12. The van der Waals surface area contributed by atoms with E-state index in [-0.39, 0.29) is 22.5 Å². The summed E-state index contributed by atoms with van der Waals surface area (Å²) in [4.78, 5) is 52.5. The Bertz CT molecular complexity index is 2010. The van der Waals surface area contributed by atoms with Crippen LogP contribution in [0.3, 0.4) is 0 Å². The van der Waals surface area contributed by atoms with Gasteiger partial charge in [0.25, 0.3) is 11.8 Å². The molecule has 5 heterocycles. The number of amides is 2. The van der Waals surface area contributed by atoms with Crippen LogP contribution in [0.15, 0.2) is 36.7 Å². The van der Waals surface area contributed by atoms with Crippen LogP contribution in [-0.2, 0) is 0 Å². The third kappa shape index (κ3) is 10.3. The van der Waals surface area contributed by atoms with E-state index >= 15 is 0 Å². The van der Waals surface area contributed by atoms with E-state index in [0.717, 1.165) is 53.5 Å². The zero-order valence-electron chi connectivity index (χ0n) is 32.9. The molecule has 2 saturated carbocycles. The maximum absolute atomic E-state index is 12.1. The quantitative estimate of drug-likeness (QED) is 0.0931. The van der Waals surface area contributed by atoms with Crippen molar-refractivity contribution in [3.63, 3.8) is 0 Å². The Balaban J connectivity index is 0.000000194. The lowest BCUT2D eigenvalue weighted by Gasteiger charge is -2.31. The number of anilines is 5. The van der Waals surface area contributed by atoms with Gasteiger partial charge in [-0.05, 0) is 86.2 Å². The molecule has 15 heteroatoms. The first-order valence-corrected chi connectivity index (χ1v) is 20.3. The number of hydrogen-bond donors (Lipinski definition) is 5. The fourth-order valence-corrected chi connectivity index (χ4v) is 7.78. The highest BCUT2D eigenvalue weighted by Gasteiger charge is 2.24. The molecule has 56 heavy (non-hydrogen) atoms. The summed E-state index contributed by atoms with van der Waals surface area (Å²) in [5.74, 6) is 1.72. The zero-order chi connectivity index (χ0) is 39.9. The molecule has 3 aliphatic rings. The Labute approximate surface area is 334 Å². The first-order valence-electron chi connectivity index (χ1n) is 19.9. The Morgan fingerprint density at radius 3 is 1.64 bits per heavy atom. The van der Waals surface area contributed by atoms with Crippen molar-refractivity contribution in [1.82, 2.24) is 29.9 Å². The van der Waals surface area contributed by atoms with Crippen molar-refractivity contribution in [3.8, 4) is 0 Å². The Kier molecular flexibility index (Phi) is 13.3. The van der Waals surface area contributed by atoms with Gasteiger partial charge in [0.05, 0.1) is 0 Å². The number of carbonyl (C=O) groups is 2. The fraction of sp³-hybridized carbons (Fsp3) is 0.512. The van der Waals surface area contributed by atoms with Crippen molar-refractivity contribution in [2.24, 2.45) is 17.2 Å². The number of halogens is 1. The fourth-order valence-electron chi connectivity index (χ4n) is 7.65. The monoisotopic (exact) mass is 782 g/mol. The molecule has 8 N–H and O–H groups in total. The van der Waals surface area contributed by atoms with Gasteiger partial charge in [-0.15, -0.1) is 0 Å². The molecule has 298 valence electrons. The van der Waals surface area contributed by atoms with Crippen molar-refractivity contribution in [1.29, 1.82) is 0 Å².